The zero-order chi connectivity index (χ0) is 15.7. The first-order valence-corrected chi connectivity index (χ1v) is 9.46. The molecule has 0 saturated carbocycles. The van der Waals surface area contributed by atoms with Gasteiger partial charge >= 0.3 is 0 Å². The molecule has 0 N–H and O–H groups in total. The summed E-state index contributed by atoms with van der Waals surface area (Å²) in [6, 6.07) is 11.0. The van der Waals surface area contributed by atoms with E-state index in [0.717, 1.165) is 21.9 Å². The van der Waals surface area contributed by atoms with Gasteiger partial charge in [-0.2, -0.15) is 9.52 Å². The first-order chi connectivity index (χ1) is 10.5. The highest BCUT2D eigenvalue weighted by Gasteiger charge is 2.34. The maximum Gasteiger partial charge on any atom is 0.247 e. The van der Waals surface area contributed by atoms with Gasteiger partial charge < -0.3 is 4.74 Å². The Bertz CT molecular complexity index is 781. The summed E-state index contributed by atoms with van der Waals surface area (Å²) >= 11 is 1.56. The summed E-state index contributed by atoms with van der Waals surface area (Å²) in [6.07, 6.45) is 1.75. The highest BCUT2D eigenvalue weighted by molar-refractivity contribution is 7.88. The monoisotopic (exact) mass is 336 g/mol. The van der Waals surface area contributed by atoms with Crippen molar-refractivity contribution in [3.8, 4) is 5.75 Å². The van der Waals surface area contributed by atoms with Gasteiger partial charge in [-0.25, -0.2) is 8.42 Å². The molecular weight excluding hydrogens is 320 g/mol. The third kappa shape index (κ3) is 2.86. The lowest BCUT2D eigenvalue weighted by molar-refractivity contribution is 0.374. The largest absolute Gasteiger partial charge is 0.497 e. The minimum absolute atomic E-state index is 0.307. The van der Waals surface area contributed by atoms with Crippen molar-refractivity contribution in [3.63, 3.8) is 0 Å². The van der Waals surface area contributed by atoms with E-state index in [1.165, 1.54) is 10.7 Å². The fraction of sp³-hybridized carbons (Fsp3) is 0.267. The molecule has 2 aromatic rings. The first-order valence-electron chi connectivity index (χ1n) is 6.74. The Hall–Kier alpha value is -1.86. The molecule has 0 radical (unpaired) electrons. The average molecular weight is 336 g/mol. The molecule has 0 unspecified atom stereocenters. The van der Waals surface area contributed by atoms with Crippen molar-refractivity contribution >= 4 is 27.1 Å². The number of rotatable bonds is 4. The van der Waals surface area contributed by atoms with E-state index in [0.29, 0.717) is 6.42 Å². The predicted octanol–water partition coefficient (Wildman–Crippen LogP) is 2.87. The number of hydrogen-bond donors (Lipinski definition) is 0. The van der Waals surface area contributed by atoms with Crippen LogP contribution in [0.15, 0.2) is 46.9 Å². The van der Waals surface area contributed by atoms with Crippen LogP contribution in [0, 0.1) is 0 Å². The van der Waals surface area contributed by atoms with Gasteiger partial charge in [0.25, 0.3) is 0 Å². The van der Waals surface area contributed by atoms with Crippen LogP contribution in [0.2, 0.25) is 0 Å². The lowest BCUT2D eigenvalue weighted by atomic mass is 10.0. The van der Waals surface area contributed by atoms with Gasteiger partial charge in [0.15, 0.2) is 0 Å². The molecule has 22 heavy (non-hydrogen) atoms. The Labute approximate surface area is 133 Å². The van der Waals surface area contributed by atoms with Gasteiger partial charge in [-0.1, -0.05) is 18.2 Å². The van der Waals surface area contributed by atoms with Crippen molar-refractivity contribution < 1.29 is 13.2 Å². The van der Waals surface area contributed by atoms with Gasteiger partial charge in [-0.3, -0.25) is 0 Å². The molecule has 3 rings (SSSR count). The van der Waals surface area contributed by atoms with Crippen LogP contribution in [0.4, 0.5) is 0 Å². The van der Waals surface area contributed by atoms with Crippen molar-refractivity contribution in [2.45, 2.75) is 12.5 Å². The summed E-state index contributed by atoms with van der Waals surface area (Å²) in [5.74, 6) is 0.743. The lowest BCUT2D eigenvalue weighted by Gasteiger charge is -2.21. The summed E-state index contributed by atoms with van der Waals surface area (Å²) in [5.41, 5.74) is 1.71. The zero-order valence-corrected chi connectivity index (χ0v) is 13.9. The van der Waals surface area contributed by atoms with E-state index < -0.39 is 10.0 Å². The Morgan fingerprint density at radius 2 is 2.00 bits per heavy atom. The molecule has 0 bridgehead atoms. The summed E-state index contributed by atoms with van der Waals surface area (Å²) in [7, 11) is -1.82. The van der Waals surface area contributed by atoms with E-state index in [1.807, 2.05) is 41.8 Å². The number of nitrogens with zero attached hydrogens (tertiary/aromatic N) is 2. The Kier molecular flexibility index (Phi) is 3.92. The molecule has 0 aliphatic carbocycles. The summed E-state index contributed by atoms with van der Waals surface area (Å²) < 4.78 is 30.5. The van der Waals surface area contributed by atoms with Crippen molar-refractivity contribution in [3.05, 3.63) is 52.2 Å². The fourth-order valence-electron chi connectivity index (χ4n) is 2.46. The molecule has 7 heteroatoms. The molecule has 2 heterocycles. The molecule has 0 spiro atoms. The van der Waals surface area contributed by atoms with Gasteiger partial charge in [0.1, 0.15) is 5.75 Å². The molecule has 116 valence electrons. The van der Waals surface area contributed by atoms with Crippen LogP contribution < -0.4 is 4.74 Å². The quantitative estimate of drug-likeness (QED) is 0.862. The van der Waals surface area contributed by atoms with Crippen LogP contribution in [0.3, 0.4) is 0 Å². The third-order valence-electron chi connectivity index (χ3n) is 3.52. The molecule has 5 nitrogen and oxygen atoms in total. The molecule has 0 amide bonds. The van der Waals surface area contributed by atoms with E-state index in [2.05, 4.69) is 5.10 Å². The Morgan fingerprint density at radius 1 is 1.27 bits per heavy atom. The molecule has 0 saturated heterocycles. The molecule has 1 aromatic heterocycles. The summed E-state index contributed by atoms with van der Waals surface area (Å²) in [5, 5.41) is 6.31. The Balaban J connectivity index is 1.96. The second-order valence-electron chi connectivity index (χ2n) is 5.05. The second-order valence-corrected chi connectivity index (χ2v) is 7.84. The maximum atomic E-state index is 12.1. The lowest BCUT2D eigenvalue weighted by Crippen LogP contribution is -2.25. The Morgan fingerprint density at radius 3 is 2.55 bits per heavy atom. The van der Waals surface area contributed by atoms with Gasteiger partial charge in [-0.05, 0) is 29.1 Å². The van der Waals surface area contributed by atoms with Crippen LogP contribution in [0.5, 0.6) is 5.75 Å². The number of hydrazone groups is 1. The highest BCUT2D eigenvalue weighted by Crippen LogP contribution is 2.35. The van der Waals surface area contributed by atoms with E-state index >= 15 is 0 Å². The van der Waals surface area contributed by atoms with E-state index in [1.54, 1.807) is 18.4 Å². The minimum Gasteiger partial charge on any atom is -0.497 e. The number of benzene rings is 1. The molecule has 1 atom stereocenters. The highest BCUT2D eigenvalue weighted by atomic mass is 32.2. The van der Waals surface area contributed by atoms with Crippen molar-refractivity contribution in [2.24, 2.45) is 5.10 Å². The van der Waals surface area contributed by atoms with Gasteiger partial charge in [-0.15, -0.1) is 11.3 Å². The van der Waals surface area contributed by atoms with Gasteiger partial charge in [0.2, 0.25) is 10.0 Å². The van der Waals surface area contributed by atoms with Crippen LogP contribution >= 0.6 is 11.3 Å². The van der Waals surface area contributed by atoms with Gasteiger partial charge in [0.05, 0.1) is 30.0 Å². The molecule has 1 aromatic carbocycles. The number of ether oxygens (including phenoxy) is 1. The topological polar surface area (TPSA) is 59.0 Å². The first kappa shape index (κ1) is 15.1. The molecule has 0 fully saturated rings. The number of sulfonamides is 1. The predicted molar refractivity (Wildman–Crippen MR) is 87.9 cm³/mol. The average Bonchev–Trinajstić information content (AvgIpc) is 3.15. The second kappa shape index (κ2) is 5.73. The van der Waals surface area contributed by atoms with Crippen LogP contribution in [0.25, 0.3) is 0 Å². The molecule has 1 aliphatic heterocycles. The van der Waals surface area contributed by atoms with Crippen LogP contribution in [-0.4, -0.2) is 31.9 Å². The number of thiophene rings is 1. The van der Waals surface area contributed by atoms with Crippen molar-refractivity contribution in [2.75, 3.05) is 13.4 Å². The standard InChI is InChI=1S/C15H16N2O3S2/c1-20-12-7-5-11(6-8-12)14-10-13(15-4-3-9-21-15)16-17(14)22(2,18)19/h3-9,14H,10H2,1-2H3/t14-/m1/s1. The van der Waals surface area contributed by atoms with Crippen molar-refractivity contribution in [1.29, 1.82) is 0 Å². The van der Waals surface area contributed by atoms with Crippen LogP contribution in [-0.2, 0) is 10.0 Å². The minimum atomic E-state index is -3.42. The molecular formula is C15H16N2O3S2. The van der Waals surface area contributed by atoms with E-state index in [4.69, 9.17) is 4.74 Å². The zero-order valence-electron chi connectivity index (χ0n) is 12.3. The molecule has 1 aliphatic rings. The third-order valence-corrected chi connectivity index (χ3v) is 5.45. The smallest absolute Gasteiger partial charge is 0.247 e. The van der Waals surface area contributed by atoms with Crippen LogP contribution in [0.1, 0.15) is 22.9 Å². The fourth-order valence-corrected chi connectivity index (χ4v) is 4.09. The normalized spacial score (nSPS) is 18.4. The number of hydrogen-bond acceptors (Lipinski definition) is 5. The number of methoxy groups -OCH3 is 1. The maximum absolute atomic E-state index is 12.1. The summed E-state index contributed by atoms with van der Waals surface area (Å²) in [4.78, 5) is 1.00. The summed E-state index contributed by atoms with van der Waals surface area (Å²) in [6.45, 7) is 0. The van der Waals surface area contributed by atoms with Crippen molar-refractivity contribution in [1.82, 2.24) is 4.41 Å². The van der Waals surface area contributed by atoms with E-state index in [-0.39, 0.29) is 6.04 Å². The SMILES string of the molecule is COc1ccc([C@H]2CC(c3cccs3)=NN2S(C)(=O)=O)cc1. The van der Waals surface area contributed by atoms with E-state index in [9.17, 15) is 8.42 Å². The van der Waals surface area contributed by atoms with Gasteiger partial charge in [0, 0.05) is 6.42 Å².